The van der Waals surface area contributed by atoms with Crippen LogP contribution in [-0.2, 0) is 13.0 Å². The summed E-state index contributed by atoms with van der Waals surface area (Å²) in [4.78, 5) is 19.3. The summed E-state index contributed by atoms with van der Waals surface area (Å²) in [7, 11) is 0. The summed E-state index contributed by atoms with van der Waals surface area (Å²) in [6.45, 7) is 6.63. The second-order valence-corrected chi connectivity index (χ2v) is 8.88. The van der Waals surface area contributed by atoms with E-state index in [4.69, 9.17) is 9.47 Å². The summed E-state index contributed by atoms with van der Waals surface area (Å²) < 4.78 is 11.9. The average molecular weight is 451 g/mol. The third kappa shape index (κ3) is 4.15. The number of carbonyl (C=O) groups excluding carboxylic acids is 1. The van der Waals surface area contributed by atoms with Crippen LogP contribution in [0, 0.1) is 0 Å². The predicted octanol–water partition coefficient (Wildman–Crippen LogP) is 4.15. The molecule has 4 rings (SSSR count). The van der Waals surface area contributed by atoms with Gasteiger partial charge < -0.3 is 14.4 Å². The van der Waals surface area contributed by atoms with Gasteiger partial charge in [-0.15, -0.1) is 11.3 Å². The van der Waals surface area contributed by atoms with Crippen molar-refractivity contribution in [2.24, 2.45) is 0 Å². The maximum Gasteiger partial charge on any atom is 0.264 e. The molecule has 0 aliphatic carbocycles. The van der Waals surface area contributed by atoms with Crippen LogP contribution >= 0.6 is 27.3 Å². The molecule has 1 fully saturated rings. The van der Waals surface area contributed by atoms with Gasteiger partial charge in [0.05, 0.1) is 4.88 Å². The largest absolute Gasteiger partial charge is 0.454 e. The number of benzene rings is 1. The van der Waals surface area contributed by atoms with Gasteiger partial charge in [0, 0.05) is 42.1 Å². The molecule has 1 aromatic carbocycles. The van der Waals surface area contributed by atoms with Gasteiger partial charge in [0.1, 0.15) is 0 Å². The second-order valence-electron chi connectivity index (χ2n) is 6.89. The number of amides is 1. The van der Waals surface area contributed by atoms with Crippen LogP contribution in [0.5, 0.6) is 11.5 Å². The third-order valence-corrected chi connectivity index (χ3v) is 7.10. The highest BCUT2D eigenvalue weighted by molar-refractivity contribution is 9.10. The molecule has 0 spiro atoms. The zero-order chi connectivity index (χ0) is 18.8. The Kier molecular flexibility index (Phi) is 5.71. The minimum absolute atomic E-state index is 0.158. The number of carbonyl (C=O) groups is 1. The van der Waals surface area contributed by atoms with Crippen molar-refractivity contribution in [2.45, 2.75) is 26.3 Å². The van der Waals surface area contributed by atoms with E-state index in [0.29, 0.717) is 6.79 Å². The quantitative estimate of drug-likeness (QED) is 0.685. The Balaban J connectivity index is 1.33. The van der Waals surface area contributed by atoms with Gasteiger partial charge in [0.25, 0.3) is 5.91 Å². The van der Waals surface area contributed by atoms with Crippen molar-refractivity contribution in [1.29, 1.82) is 0 Å². The van der Waals surface area contributed by atoms with E-state index in [1.165, 1.54) is 10.4 Å². The molecule has 3 heterocycles. The van der Waals surface area contributed by atoms with Gasteiger partial charge in [-0.3, -0.25) is 9.69 Å². The number of aryl methyl sites for hydroxylation is 1. The highest BCUT2D eigenvalue weighted by Gasteiger charge is 2.24. The van der Waals surface area contributed by atoms with E-state index in [1.54, 1.807) is 11.3 Å². The molecule has 0 atom stereocenters. The first-order valence-corrected chi connectivity index (χ1v) is 10.9. The van der Waals surface area contributed by atoms with E-state index in [0.717, 1.165) is 66.4 Å². The van der Waals surface area contributed by atoms with Gasteiger partial charge in [0.15, 0.2) is 11.5 Å². The van der Waals surface area contributed by atoms with Gasteiger partial charge in [0.2, 0.25) is 6.79 Å². The van der Waals surface area contributed by atoms with Crippen LogP contribution in [0.25, 0.3) is 0 Å². The van der Waals surface area contributed by atoms with Crippen LogP contribution in [0.3, 0.4) is 0 Å². The molecule has 2 aliphatic rings. The number of nitrogens with zero attached hydrogens (tertiary/aromatic N) is 2. The van der Waals surface area contributed by atoms with Crippen LogP contribution in [-0.4, -0.2) is 48.7 Å². The lowest BCUT2D eigenvalue weighted by Crippen LogP contribution is -2.48. The molecule has 0 radical (unpaired) electrons. The number of fused-ring (bicyclic) bond motifs is 1. The summed E-state index contributed by atoms with van der Waals surface area (Å²) in [5, 5.41) is 0. The Labute approximate surface area is 172 Å². The summed E-state index contributed by atoms with van der Waals surface area (Å²) in [6.07, 6.45) is 2.10. The smallest absolute Gasteiger partial charge is 0.264 e. The van der Waals surface area contributed by atoms with Crippen molar-refractivity contribution in [1.82, 2.24) is 9.80 Å². The minimum Gasteiger partial charge on any atom is -0.454 e. The molecule has 1 amide bonds. The molecule has 0 saturated carbocycles. The van der Waals surface area contributed by atoms with Gasteiger partial charge in [-0.05, 0) is 46.1 Å². The number of rotatable bonds is 5. The Morgan fingerprint density at radius 2 is 1.93 bits per heavy atom. The fourth-order valence-corrected chi connectivity index (χ4v) is 5.41. The normalized spacial score (nSPS) is 16.7. The van der Waals surface area contributed by atoms with Crippen LogP contribution in [0.4, 0.5) is 0 Å². The highest BCUT2D eigenvalue weighted by Crippen LogP contribution is 2.33. The number of ether oxygens (including phenoxy) is 2. The lowest BCUT2D eigenvalue weighted by Gasteiger charge is -2.34. The molecule has 7 heteroatoms. The van der Waals surface area contributed by atoms with Crippen molar-refractivity contribution < 1.29 is 14.3 Å². The number of thiophene rings is 1. The molecular weight excluding hydrogens is 428 g/mol. The second kappa shape index (κ2) is 8.20. The summed E-state index contributed by atoms with van der Waals surface area (Å²) in [5.74, 6) is 1.80. The lowest BCUT2D eigenvalue weighted by atomic mass is 10.1. The number of hydrogen-bond acceptors (Lipinski definition) is 5. The first kappa shape index (κ1) is 18.8. The van der Waals surface area contributed by atoms with E-state index in [1.807, 2.05) is 17.0 Å². The van der Waals surface area contributed by atoms with E-state index < -0.39 is 0 Å². The van der Waals surface area contributed by atoms with Crippen LogP contribution in [0.15, 0.2) is 28.7 Å². The van der Waals surface area contributed by atoms with E-state index in [2.05, 4.69) is 39.9 Å². The van der Waals surface area contributed by atoms with E-state index >= 15 is 0 Å². The first-order chi connectivity index (χ1) is 13.1. The van der Waals surface area contributed by atoms with Crippen molar-refractivity contribution in [2.75, 3.05) is 33.0 Å². The molecule has 5 nitrogen and oxygen atoms in total. The molecule has 2 aliphatic heterocycles. The van der Waals surface area contributed by atoms with Crippen molar-refractivity contribution in [3.8, 4) is 11.5 Å². The average Bonchev–Trinajstić information content (AvgIpc) is 3.28. The topological polar surface area (TPSA) is 42.0 Å². The number of hydrogen-bond donors (Lipinski definition) is 0. The van der Waals surface area contributed by atoms with Gasteiger partial charge >= 0.3 is 0 Å². The van der Waals surface area contributed by atoms with Gasteiger partial charge in [-0.1, -0.05) is 19.4 Å². The summed E-state index contributed by atoms with van der Waals surface area (Å²) in [6, 6.07) is 8.10. The maximum atomic E-state index is 12.8. The fourth-order valence-electron chi connectivity index (χ4n) is 3.47. The molecule has 27 heavy (non-hydrogen) atoms. The molecule has 0 unspecified atom stereocenters. The molecule has 144 valence electrons. The van der Waals surface area contributed by atoms with E-state index in [-0.39, 0.29) is 5.91 Å². The number of piperazine rings is 1. The number of halogens is 1. The van der Waals surface area contributed by atoms with Crippen LogP contribution in [0.1, 0.15) is 33.5 Å². The Morgan fingerprint density at radius 1 is 1.15 bits per heavy atom. The molecule has 1 saturated heterocycles. The first-order valence-electron chi connectivity index (χ1n) is 9.32. The Bertz CT molecular complexity index is 831. The van der Waals surface area contributed by atoms with Crippen LogP contribution in [0.2, 0.25) is 0 Å². The minimum atomic E-state index is 0.158. The highest BCUT2D eigenvalue weighted by atomic mass is 79.9. The standard InChI is InChI=1S/C20H23BrN2O3S/c1-2-3-18-15(21)11-19(27-18)20(24)23-8-6-22(7-9-23)12-14-4-5-16-17(10-14)26-13-25-16/h4-5,10-11H,2-3,6-9,12-13H2,1H3. The van der Waals surface area contributed by atoms with Crippen molar-refractivity contribution in [3.05, 3.63) is 44.1 Å². The fraction of sp³-hybridized carbons (Fsp3) is 0.450. The lowest BCUT2D eigenvalue weighted by molar-refractivity contribution is 0.0633. The van der Waals surface area contributed by atoms with Gasteiger partial charge in [-0.2, -0.15) is 0 Å². The molecule has 1 aromatic heterocycles. The SMILES string of the molecule is CCCc1sc(C(=O)N2CCN(Cc3ccc4c(c3)OCO4)CC2)cc1Br. The summed E-state index contributed by atoms with van der Waals surface area (Å²) >= 11 is 5.21. The zero-order valence-electron chi connectivity index (χ0n) is 15.4. The zero-order valence-corrected chi connectivity index (χ0v) is 17.8. The Morgan fingerprint density at radius 3 is 2.70 bits per heavy atom. The summed E-state index contributed by atoms with van der Waals surface area (Å²) in [5.41, 5.74) is 1.21. The molecule has 0 bridgehead atoms. The van der Waals surface area contributed by atoms with E-state index in [9.17, 15) is 4.79 Å². The monoisotopic (exact) mass is 450 g/mol. The molecular formula is C20H23BrN2O3S. The van der Waals surface area contributed by atoms with Gasteiger partial charge in [-0.25, -0.2) is 0 Å². The van der Waals surface area contributed by atoms with Crippen molar-refractivity contribution >= 4 is 33.2 Å². The maximum absolute atomic E-state index is 12.8. The van der Waals surface area contributed by atoms with Crippen LogP contribution < -0.4 is 9.47 Å². The molecule has 0 N–H and O–H groups in total. The Hall–Kier alpha value is -1.57. The predicted molar refractivity (Wildman–Crippen MR) is 110 cm³/mol. The molecule has 2 aromatic rings. The third-order valence-electron chi connectivity index (χ3n) is 4.95. The van der Waals surface area contributed by atoms with Crippen molar-refractivity contribution in [3.63, 3.8) is 0 Å².